The van der Waals surface area contributed by atoms with Crippen molar-refractivity contribution >= 4 is 32.9 Å². The number of benzene rings is 2. The molecule has 3 nitrogen and oxygen atoms in total. The summed E-state index contributed by atoms with van der Waals surface area (Å²) < 4.78 is 15.8. The Hall–Kier alpha value is -1.88. The molecular weight excluding hydrogens is 309 g/mol. The lowest BCUT2D eigenvalue weighted by atomic mass is 10.2. The molecule has 19 heavy (non-hydrogen) atoms. The summed E-state index contributed by atoms with van der Waals surface area (Å²) >= 11 is 3.15. The predicted molar refractivity (Wildman–Crippen MR) is 77.9 cm³/mol. The van der Waals surface area contributed by atoms with Crippen LogP contribution in [0.2, 0.25) is 0 Å². The average molecular weight is 320 g/mol. The minimum Gasteiger partial charge on any atom is -0.369 e. The molecule has 0 fully saturated rings. The summed E-state index contributed by atoms with van der Waals surface area (Å²) in [7, 11) is 0. The Morgan fingerprint density at radius 1 is 1.26 bits per heavy atom. The summed E-state index contributed by atoms with van der Waals surface area (Å²) in [6.07, 6.45) is 0. The van der Waals surface area contributed by atoms with Gasteiger partial charge in [-0.2, -0.15) is 0 Å². The minimum atomic E-state index is -0.332. The molecule has 0 bridgehead atoms. The van der Waals surface area contributed by atoms with Crippen LogP contribution < -0.4 is 5.73 Å². The highest BCUT2D eigenvalue weighted by atomic mass is 79.9. The van der Waals surface area contributed by atoms with Crippen molar-refractivity contribution in [3.8, 4) is 5.69 Å². The third kappa shape index (κ3) is 2.00. The summed E-state index contributed by atoms with van der Waals surface area (Å²) in [6, 6.07) is 10.9. The lowest BCUT2D eigenvalue weighted by Crippen LogP contribution is -2.00. The van der Waals surface area contributed by atoms with Crippen molar-refractivity contribution in [2.75, 3.05) is 5.73 Å². The average Bonchev–Trinajstić information content (AvgIpc) is 2.65. The van der Waals surface area contributed by atoms with E-state index in [9.17, 15) is 4.39 Å². The van der Waals surface area contributed by atoms with Gasteiger partial charge in [-0.05, 0) is 46.6 Å². The van der Waals surface area contributed by atoms with Crippen LogP contribution >= 0.6 is 15.9 Å². The van der Waals surface area contributed by atoms with Gasteiger partial charge in [0, 0.05) is 11.8 Å². The topological polar surface area (TPSA) is 43.8 Å². The zero-order valence-electron chi connectivity index (χ0n) is 10.2. The normalized spacial score (nSPS) is 11.1. The van der Waals surface area contributed by atoms with Crippen LogP contribution in [0.3, 0.4) is 0 Å². The molecule has 0 atom stereocenters. The van der Waals surface area contributed by atoms with Gasteiger partial charge in [-0.15, -0.1) is 0 Å². The highest BCUT2D eigenvalue weighted by molar-refractivity contribution is 9.10. The SMILES string of the molecule is Cc1cccc(-n2c(N)nc3cc(Br)c(F)cc32)c1. The molecule has 2 N–H and O–H groups in total. The molecule has 1 heterocycles. The van der Waals surface area contributed by atoms with Crippen molar-refractivity contribution in [3.63, 3.8) is 0 Å². The van der Waals surface area contributed by atoms with Crippen LogP contribution in [0.1, 0.15) is 5.56 Å². The molecule has 0 aliphatic carbocycles. The van der Waals surface area contributed by atoms with E-state index in [0.29, 0.717) is 21.5 Å². The van der Waals surface area contributed by atoms with Gasteiger partial charge in [0.15, 0.2) is 0 Å². The van der Waals surface area contributed by atoms with Crippen molar-refractivity contribution in [3.05, 3.63) is 52.3 Å². The molecule has 0 spiro atoms. The largest absolute Gasteiger partial charge is 0.369 e. The van der Waals surface area contributed by atoms with Crippen LogP contribution in [0.4, 0.5) is 10.3 Å². The van der Waals surface area contributed by atoms with Crippen molar-refractivity contribution in [2.24, 2.45) is 0 Å². The number of hydrogen-bond donors (Lipinski definition) is 1. The standard InChI is InChI=1S/C14H11BrFN3/c1-8-3-2-4-9(5-8)19-13-7-11(16)10(15)6-12(13)18-14(19)17/h2-7H,1H3,(H2,17,18). The maximum absolute atomic E-state index is 13.7. The van der Waals surface area contributed by atoms with E-state index in [4.69, 9.17) is 5.73 Å². The van der Waals surface area contributed by atoms with Crippen molar-refractivity contribution < 1.29 is 4.39 Å². The number of imidazole rings is 1. The highest BCUT2D eigenvalue weighted by Gasteiger charge is 2.13. The molecule has 0 aliphatic rings. The number of nitrogens with two attached hydrogens (primary N) is 1. The molecule has 3 rings (SSSR count). The van der Waals surface area contributed by atoms with Gasteiger partial charge in [0.1, 0.15) is 5.82 Å². The molecular formula is C14H11BrFN3. The number of nitrogens with zero attached hydrogens (tertiary/aromatic N) is 2. The molecule has 0 aliphatic heterocycles. The lowest BCUT2D eigenvalue weighted by molar-refractivity contribution is 0.622. The maximum Gasteiger partial charge on any atom is 0.205 e. The quantitative estimate of drug-likeness (QED) is 0.741. The first-order valence-electron chi connectivity index (χ1n) is 5.76. The van der Waals surface area contributed by atoms with Gasteiger partial charge in [-0.3, -0.25) is 4.57 Å². The Morgan fingerprint density at radius 3 is 2.79 bits per heavy atom. The monoisotopic (exact) mass is 319 g/mol. The van der Waals surface area contributed by atoms with Crippen molar-refractivity contribution in [2.45, 2.75) is 6.92 Å². The number of anilines is 1. The summed E-state index contributed by atoms with van der Waals surface area (Å²) in [4.78, 5) is 4.27. The number of halogens is 2. The van der Waals surface area contributed by atoms with Crippen LogP contribution in [0, 0.1) is 12.7 Å². The summed E-state index contributed by atoms with van der Waals surface area (Å²) in [6.45, 7) is 2.00. The zero-order chi connectivity index (χ0) is 13.6. The first-order chi connectivity index (χ1) is 9.06. The van der Waals surface area contributed by atoms with E-state index in [2.05, 4.69) is 20.9 Å². The summed E-state index contributed by atoms with van der Waals surface area (Å²) in [5.41, 5.74) is 9.25. The van der Waals surface area contributed by atoms with E-state index in [1.165, 1.54) is 6.07 Å². The Balaban J connectivity index is 2.34. The Labute approximate surface area is 118 Å². The van der Waals surface area contributed by atoms with Crippen LogP contribution in [0.5, 0.6) is 0 Å². The number of aromatic nitrogens is 2. The van der Waals surface area contributed by atoms with E-state index >= 15 is 0 Å². The van der Waals surface area contributed by atoms with E-state index in [1.807, 2.05) is 31.2 Å². The third-order valence-electron chi connectivity index (χ3n) is 2.98. The van der Waals surface area contributed by atoms with E-state index < -0.39 is 0 Å². The van der Waals surface area contributed by atoms with E-state index in [-0.39, 0.29) is 5.82 Å². The van der Waals surface area contributed by atoms with Gasteiger partial charge in [0.25, 0.3) is 0 Å². The number of rotatable bonds is 1. The number of aryl methyl sites for hydroxylation is 1. The lowest BCUT2D eigenvalue weighted by Gasteiger charge is -2.07. The van der Waals surface area contributed by atoms with Gasteiger partial charge < -0.3 is 5.73 Å². The summed E-state index contributed by atoms with van der Waals surface area (Å²) in [5, 5.41) is 0. The number of fused-ring (bicyclic) bond motifs is 1. The smallest absolute Gasteiger partial charge is 0.205 e. The molecule has 0 radical (unpaired) electrons. The van der Waals surface area contributed by atoms with Gasteiger partial charge in [-0.1, -0.05) is 12.1 Å². The summed E-state index contributed by atoms with van der Waals surface area (Å²) in [5.74, 6) is 0.0133. The number of hydrogen-bond acceptors (Lipinski definition) is 2. The zero-order valence-corrected chi connectivity index (χ0v) is 11.8. The second-order valence-electron chi connectivity index (χ2n) is 4.40. The first kappa shape index (κ1) is 12.2. The second-order valence-corrected chi connectivity index (χ2v) is 5.25. The van der Waals surface area contributed by atoms with Crippen molar-refractivity contribution in [1.29, 1.82) is 0 Å². The third-order valence-corrected chi connectivity index (χ3v) is 3.59. The van der Waals surface area contributed by atoms with Crippen molar-refractivity contribution in [1.82, 2.24) is 9.55 Å². The van der Waals surface area contributed by atoms with Gasteiger partial charge >= 0.3 is 0 Å². The number of nitrogen functional groups attached to an aromatic ring is 1. The van der Waals surface area contributed by atoms with Gasteiger partial charge in [0.2, 0.25) is 5.95 Å². The fourth-order valence-corrected chi connectivity index (χ4v) is 2.46. The molecule has 2 aromatic carbocycles. The molecule has 0 saturated heterocycles. The minimum absolute atomic E-state index is 0.332. The molecule has 3 aromatic rings. The first-order valence-corrected chi connectivity index (χ1v) is 6.55. The van der Waals surface area contributed by atoms with Gasteiger partial charge in [-0.25, -0.2) is 9.37 Å². The fraction of sp³-hybridized carbons (Fsp3) is 0.0714. The Kier molecular flexibility index (Phi) is 2.78. The fourth-order valence-electron chi connectivity index (χ4n) is 2.13. The molecule has 0 amide bonds. The Bertz CT molecular complexity index is 780. The second kappa shape index (κ2) is 4.35. The van der Waals surface area contributed by atoms with Gasteiger partial charge in [0.05, 0.1) is 15.5 Å². The molecule has 5 heteroatoms. The molecule has 0 saturated carbocycles. The predicted octanol–water partition coefficient (Wildman–Crippen LogP) is 3.82. The maximum atomic E-state index is 13.7. The van der Waals surface area contributed by atoms with Crippen LogP contribution in [0.15, 0.2) is 40.9 Å². The van der Waals surface area contributed by atoms with Crippen LogP contribution in [-0.2, 0) is 0 Å². The Morgan fingerprint density at radius 2 is 2.05 bits per heavy atom. The van der Waals surface area contributed by atoms with E-state index in [0.717, 1.165) is 11.3 Å². The van der Waals surface area contributed by atoms with Crippen LogP contribution in [0.25, 0.3) is 16.7 Å². The molecule has 96 valence electrons. The van der Waals surface area contributed by atoms with E-state index in [1.54, 1.807) is 10.6 Å². The van der Waals surface area contributed by atoms with Crippen LogP contribution in [-0.4, -0.2) is 9.55 Å². The molecule has 1 aromatic heterocycles. The highest BCUT2D eigenvalue weighted by Crippen LogP contribution is 2.27. The molecule has 0 unspecified atom stereocenters.